The van der Waals surface area contributed by atoms with E-state index in [4.69, 9.17) is 0 Å². The molecule has 2 heteroatoms. The van der Waals surface area contributed by atoms with Crippen molar-refractivity contribution in [2.75, 3.05) is 13.1 Å². The first-order valence-corrected chi connectivity index (χ1v) is 9.46. The van der Waals surface area contributed by atoms with Crippen molar-refractivity contribution in [1.29, 1.82) is 0 Å². The zero-order valence-electron chi connectivity index (χ0n) is 13.1. The average Bonchev–Trinajstić information content (AvgIpc) is 2.45. The maximum absolute atomic E-state index is 2.99. The van der Waals surface area contributed by atoms with Gasteiger partial charge in [-0.25, -0.2) is 0 Å². The molecule has 0 radical (unpaired) electrons. The Morgan fingerprint density at radius 2 is 1.05 bits per heavy atom. The van der Waals surface area contributed by atoms with Crippen molar-refractivity contribution in [3.63, 3.8) is 0 Å². The Morgan fingerprint density at radius 3 is 1.80 bits per heavy atom. The van der Waals surface area contributed by atoms with Gasteiger partial charge in [0.15, 0.2) is 0 Å². The van der Waals surface area contributed by atoms with Crippen LogP contribution in [0, 0.1) is 5.92 Å². The van der Waals surface area contributed by atoms with Gasteiger partial charge in [-0.2, -0.15) is 0 Å². The quantitative estimate of drug-likeness (QED) is 0.659. The lowest BCUT2D eigenvalue weighted by molar-refractivity contribution is -0.130. The summed E-state index contributed by atoms with van der Waals surface area (Å²) in [7, 11) is 0. The van der Waals surface area contributed by atoms with Crippen molar-refractivity contribution in [1.82, 2.24) is 9.80 Å². The van der Waals surface area contributed by atoms with Crippen LogP contribution >= 0.6 is 0 Å². The summed E-state index contributed by atoms with van der Waals surface area (Å²) in [4.78, 5) is 5.98. The average molecular weight is 276 g/mol. The second-order valence-electron chi connectivity index (χ2n) is 7.74. The van der Waals surface area contributed by atoms with Gasteiger partial charge in [0.2, 0.25) is 0 Å². The number of nitrogens with zero attached hydrogens (tertiary/aromatic N) is 2. The van der Waals surface area contributed by atoms with Crippen LogP contribution in [-0.4, -0.2) is 41.1 Å². The zero-order chi connectivity index (χ0) is 13.4. The maximum atomic E-state index is 2.99. The fraction of sp³-hybridized carbons (Fsp3) is 1.00. The Bertz CT molecular complexity index is 280. The summed E-state index contributed by atoms with van der Waals surface area (Å²) in [6, 6.07) is 1.89. The minimum absolute atomic E-state index is 0.819. The normalized spacial score (nSPS) is 49.2. The van der Waals surface area contributed by atoms with Gasteiger partial charge in [0, 0.05) is 12.1 Å². The number of hydrogen-bond acceptors (Lipinski definition) is 2. The molecule has 1 aliphatic carbocycles. The molecule has 3 saturated heterocycles. The monoisotopic (exact) mass is 276 g/mol. The first kappa shape index (κ1) is 13.6. The molecule has 6 unspecified atom stereocenters. The molecule has 114 valence electrons. The van der Waals surface area contributed by atoms with Gasteiger partial charge in [-0.05, 0) is 57.5 Å². The predicted molar refractivity (Wildman–Crippen MR) is 83.7 cm³/mol. The molecule has 4 rings (SSSR count). The molecule has 4 bridgehead atoms. The van der Waals surface area contributed by atoms with Gasteiger partial charge in [-0.3, -0.25) is 9.80 Å². The molecule has 20 heavy (non-hydrogen) atoms. The smallest absolute Gasteiger partial charge is 0.0627 e. The van der Waals surface area contributed by atoms with Crippen molar-refractivity contribution in [3.8, 4) is 0 Å². The van der Waals surface area contributed by atoms with Crippen molar-refractivity contribution in [3.05, 3.63) is 0 Å². The Balaban J connectivity index is 1.67. The van der Waals surface area contributed by atoms with Crippen molar-refractivity contribution >= 4 is 0 Å². The summed E-state index contributed by atoms with van der Waals surface area (Å²) < 4.78 is 0. The third-order valence-electron chi connectivity index (χ3n) is 6.69. The lowest BCUT2D eigenvalue weighted by atomic mass is 9.73. The van der Waals surface area contributed by atoms with Crippen LogP contribution in [0.2, 0.25) is 0 Å². The van der Waals surface area contributed by atoms with Crippen LogP contribution in [0.5, 0.6) is 0 Å². The first-order valence-electron chi connectivity index (χ1n) is 9.46. The van der Waals surface area contributed by atoms with Gasteiger partial charge in [-0.15, -0.1) is 0 Å². The van der Waals surface area contributed by atoms with Crippen LogP contribution in [-0.2, 0) is 0 Å². The highest BCUT2D eigenvalue weighted by Gasteiger charge is 2.47. The minimum atomic E-state index is 0.819. The van der Waals surface area contributed by atoms with E-state index < -0.39 is 0 Å². The van der Waals surface area contributed by atoms with Gasteiger partial charge in [-0.1, -0.05) is 38.5 Å². The second-order valence-corrected chi connectivity index (χ2v) is 7.74. The SMILES string of the molecule is C1CCC2C3CCCCC3N3CCCCCN2C3CC1. The molecule has 2 nitrogen and oxygen atoms in total. The maximum Gasteiger partial charge on any atom is 0.0627 e. The molecule has 0 spiro atoms. The summed E-state index contributed by atoms with van der Waals surface area (Å²) in [5.74, 6) is 1.01. The summed E-state index contributed by atoms with van der Waals surface area (Å²) in [6.07, 6.45) is 18.7. The summed E-state index contributed by atoms with van der Waals surface area (Å²) >= 11 is 0. The molecule has 0 amide bonds. The summed E-state index contributed by atoms with van der Waals surface area (Å²) in [5, 5.41) is 0. The molecule has 0 aromatic carbocycles. The van der Waals surface area contributed by atoms with E-state index >= 15 is 0 Å². The topological polar surface area (TPSA) is 6.48 Å². The Kier molecular flexibility index (Phi) is 4.05. The molecule has 0 aromatic rings. The van der Waals surface area contributed by atoms with Crippen LogP contribution in [0.25, 0.3) is 0 Å². The molecule has 6 atom stereocenters. The van der Waals surface area contributed by atoms with Gasteiger partial charge >= 0.3 is 0 Å². The molecule has 0 aromatic heterocycles. The molecule has 4 fully saturated rings. The second kappa shape index (κ2) is 5.96. The van der Waals surface area contributed by atoms with Gasteiger partial charge in [0.05, 0.1) is 6.17 Å². The molecule has 3 aliphatic heterocycles. The minimum Gasteiger partial charge on any atom is -0.285 e. The summed E-state index contributed by atoms with van der Waals surface area (Å²) in [5.41, 5.74) is 0. The molecular formula is C18H32N2. The van der Waals surface area contributed by atoms with Crippen molar-refractivity contribution in [2.24, 2.45) is 5.92 Å². The van der Waals surface area contributed by atoms with Crippen LogP contribution in [0.4, 0.5) is 0 Å². The Morgan fingerprint density at radius 1 is 0.500 bits per heavy atom. The fourth-order valence-electron chi connectivity index (χ4n) is 5.84. The summed E-state index contributed by atoms with van der Waals surface area (Å²) in [6.45, 7) is 2.80. The van der Waals surface area contributed by atoms with Crippen LogP contribution in [0.1, 0.15) is 77.0 Å². The molecular weight excluding hydrogens is 244 g/mol. The highest BCUT2D eigenvalue weighted by molar-refractivity contribution is 5.00. The van der Waals surface area contributed by atoms with E-state index in [1.807, 2.05) is 0 Å². The largest absolute Gasteiger partial charge is 0.285 e. The van der Waals surface area contributed by atoms with Crippen molar-refractivity contribution < 1.29 is 0 Å². The molecule has 4 aliphatic rings. The van der Waals surface area contributed by atoms with Gasteiger partial charge < -0.3 is 0 Å². The molecule has 0 N–H and O–H groups in total. The number of hydrogen-bond donors (Lipinski definition) is 0. The number of fused-ring (bicyclic) bond motifs is 3. The van der Waals surface area contributed by atoms with E-state index in [0.29, 0.717) is 0 Å². The van der Waals surface area contributed by atoms with E-state index in [1.165, 1.54) is 90.1 Å². The third-order valence-corrected chi connectivity index (χ3v) is 6.69. The van der Waals surface area contributed by atoms with E-state index in [1.54, 1.807) is 0 Å². The highest BCUT2D eigenvalue weighted by Crippen LogP contribution is 2.43. The highest BCUT2D eigenvalue weighted by atomic mass is 15.4. The van der Waals surface area contributed by atoms with Crippen LogP contribution in [0.3, 0.4) is 0 Å². The van der Waals surface area contributed by atoms with E-state index in [0.717, 1.165) is 24.2 Å². The van der Waals surface area contributed by atoms with Gasteiger partial charge in [0.1, 0.15) is 0 Å². The van der Waals surface area contributed by atoms with Crippen LogP contribution < -0.4 is 0 Å². The number of rotatable bonds is 0. The Labute approximate surface area is 124 Å². The molecule has 1 saturated carbocycles. The van der Waals surface area contributed by atoms with E-state index in [2.05, 4.69) is 9.80 Å². The molecule has 3 heterocycles. The fourth-order valence-corrected chi connectivity index (χ4v) is 5.84. The van der Waals surface area contributed by atoms with E-state index in [9.17, 15) is 0 Å². The zero-order valence-corrected chi connectivity index (χ0v) is 13.1. The van der Waals surface area contributed by atoms with Gasteiger partial charge in [0.25, 0.3) is 0 Å². The lowest BCUT2D eigenvalue weighted by Gasteiger charge is -2.59. The van der Waals surface area contributed by atoms with Crippen LogP contribution in [0.15, 0.2) is 0 Å². The standard InChI is InChI=1S/C18H32N2/c1-3-10-16-15-9-5-6-11-17(15)20-14-8-2-7-13-19(16)18(20)12-4-1/h15-18H,1-14H2. The van der Waals surface area contributed by atoms with E-state index in [-0.39, 0.29) is 0 Å². The Hall–Kier alpha value is -0.0800. The predicted octanol–water partition coefficient (Wildman–Crippen LogP) is 4.01. The first-order chi connectivity index (χ1) is 9.95. The van der Waals surface area contributed by atoms with Crippen molar-refractivity contribution in [2.45, 2.75) is 95.3 Å². The third kappa shape index (κ3) is 2.33. The lowest BCUT2D eigenvalue weighted by Crippen LogP contribution is -2.67.